The van der Waals surface area contributed by atoms with Crippen molar-refractivity contribution in [2.75, 3.05) is 13.1 Å². The molecular weight excluding hydrogens is 376 g/mol. The fourth-order valence-corrected chi connectivity index (χ4v) is 3.93. The van der Waals surface area contributed by atoms with Crippen LogP contribution in [0.3, 0.4) is 0 Å². The lowest BCUT2D eigenvalue weighted by atomic mass is 10.0. The predicted molar refractivity (Wildman–Crippen MR) is 114 cm³/mol. The summed E-state index contributed by atoms with van der Waals surface area (Å²) in [5, 5.41) is 9.14. The first-order valence-corrected chi connectivity index (χ1v) is 10.2. The molecule has 140 valence electrons. The predicted octanol–water partition coefficient (Wildman–Crippen LogP) is 4.75. The highest BCUT2D eigenvalue weighted by atomic mass is 35.5. The lowest BCUT2D eigenvalue weighted by molar-refractivity contribution is -0.120. The maximum absolute atomic E-state index is 12.3. The number of benzene rings is 2. The molecule has 1 atom stereocenters. The Balaban J connectivity index is 1.53. The highest BCUT2D eigenvalue weighted by molar-refractivity contribution is 7.10. The zero-order valence-electron chi connectivity index (χ0n) is 15.2. The van der Waals surface area contributed by atoms with Crippen LogP contribution in [0.5, 0.6) is 0 Å². The molecule has 2 N–H and O–H groups in total. The second kappa shape index (κ2) is 9.70. The molecule has 0 saturated carbocycles. The maximum atomic E-state index is 12.3. The molecule has 3 rings (SSSR count). The van der Waals surface area contributed by atoms with Gasteiger partial charge in [-0.15, -0.1) is 11.3 Å². The van der Waals surface area contributed by atoms with E-state index in [9.17, 15) is 4.79 Å². The third kappa shape index (κ3) is 5.93. The van der Waals surface area contributed by atoms with E-state index in [1.165, 1.54) is 10.4 Å². The minimum Gasteiger partial charge on any atom is -0.355 e. The van der Waals surface area contributed by atoms with Gasteiger partial charge in [0.05, 0.1) is 12.6 Å². The van der Waals surface area contributed by atoms with Crippen molar-refractivity contribution in [3.8, 4) is 0 Å². The first-order valence-electron chi connectivity index (χ1n) is 8.96. The van der Waals surface area contributed by atoms with Crippen molar-refractivity contribution in [2.24, 2.45) is 0 Å². The monoisotopic (exact) mass is 398 g/mol. The highest BCUT2D eigenvalue weighted by Crippen LogP contribution is 2.26. The molecule has 1 heterocycles. The van der Waals surface area contributed by atoms with Crippen molar-refractivity contribution in [1.82, 2.24) is 10.6 Å². The van der Waals surface area contributed by atoms with Gasteiger partial charge in [-0.2, -0.15) is 0 Å². The number of hydrogen-bond acceptors (Lipinski definition) is 3. The van der Waals surface area contributed by atoms with Crippen LogP contribution in [0, 0.1) is 6.92 Å². The average Bonchev–Trinajstić information content (AvgIpc) is 3.18. The lowest BCUT2D eigenvalue weighted by Gasteiger charge is -2.18. The minimum absolute atomic E-state index is 0.00861. The Kier molecular flexibility index (Phi) is 7.04. The third-order valence-corrected chi connectivity index (χ3v) is 5.50. The number of amides is 1. The van der Waals surface area contributed by atoms with Crippen LogP contribution >= 0.6 is 22.9 Å². The normalized spacial score (nSPS) is 11.9. The molecule has 0 aliphatic carbocycles. The Labute approximate surface area is 169 Å². The molecule has 0 radical (unpaired) electrons. The standard InChI is InChI=1S/C22H23ClN2OS/c1-16-7-9-18(10-8-16)22(20-6-3-13-27-20)25-15-21(26)24-12-11-17-4-2-5-19(23)14-17/h2-10,13-14,22,25H,11-12,15H2,1H3,(H,24,26)/t22-/m1/s1. The molecule has 0 aliphatic rings. The summed E-state index contributed by atoms with van der Waals surface area (Å²) in [7, 11) is 0. The second-order valence-electron chi connectivity index (χ2n) is 6.47. The maximum Gasteiger partial charge on any atom is 0.233 e. The summed E-state index contributed by atoms with van der Waals surface area (Å²) in [5.41, 5.74) is 3.50. The van der Waals surface area contributed by atoms with E-state index in [1.807, 2.05) is 30.3 Å². The van der Waals surface area contributed by atoms with E-state index in [0.717, 1.165) is 22.6 Å². The molecule has 1 amide bonds. The zero-order chi connectivity index (χ0) is 19.1. The van der Waals surface area contributed by atoms with Gasteiger partial charge in [0, 0.05) is 16.4 Å². The Morgan fingerprint density at radius 1 is 1.11 bits per heavy atom. The summed E-state index contributed by atoms with van der Waals surface area (Å²) < 4.78 is 0. The first kappa shape index (κ1) is 19.6. The van der Waals surface area contributed by atoms with Gasteiger partial charge < -0.3 is 5.32 Å². The van der Waals surface area contributed by atoms with E-state index in [2.05, 4.69) is 53.3 Å². The second-order valence-corrected chi connectivity index (χ2v) is 7.89. The highest BCUT2D eigenvalue weighted by Gasteiger charge is 2.16. The quantitative estimate of drug-likeness (QED) is 0.575. The van der Waals surface area contributed by atoms with E-state index >= 15 is 0 Å². The van der Waals surface area contributed by atoms with Gasteiger partial charge in [0.1, 0.15) is 0 Å². The average molecular weight is 399 g/mol. The van der Waals surface area contributed by atoms with Crippen LogP contribution in [0.15, 0.2) is 66.0 Å². The molecule has 5 heteroatoms. The van der Waals surface area contributed by atoms with Gasteiger partial charge >= 0.3 is 0 Å². The van der Waals surface area contributed by atoms with Gasteiger partial charge in [-0.1, -0.05) is 59.6 Å². The fraction of sp³-hybridized carbons (Fsp3) is 0.227. The van der Waals surface area contributed by atoms with Crippen LogP contribution in [0.1, 0.15) is 27.6 Å². The largest absolute Gasteiger partial charge is 0.355 e. The number of rotatable bonds is 8. The molecular formula is C22H23ClN2OS. The summed E-state index contributed by atoms with van der Waals surface area (Å²) in [6.45, 7) is 2.94. The summed E-state index contributed by atoms with van der Waals surface area (Å²) in [6.07, 6.45) is 0.763. The van der Waals surface area contributed by atoms with Crippen molar-refractivity contribution in [1.29, 1.82) is 0 Å². The van der Waals surface area contributed by atoms with Crippen LogP contribution in [0.25, 0.3) is 0 Å². The van der Waals surface area contributed by atoms with Gasteiger partial charge in [0.15, 0.2) is 0 Å². The number of nitrogens with one attached hydrogen (secondary N) is 2. The number of carbonyl (C=O) groups excluding carboxylic acids is 1. The van der Waals surface area contributed by atoms with Crippen LogP contribution in [-0.2, 0) is 11.2 Å². The zero-order valence-corrected chi connectivity index (χ0v) is 16.8. The van der Waals surface area contributed by atoms with E-state index in [-0.39, 0.29) is 18.5 Å². The number of thiophene rings is 1. The Morgan fingerprint density at radius 3 is 2.63 bits per heavy atom. The molecule has 0 bridgehead atoms. The van der Waals surface area contributed by atoms with Crippen LogP contribution in [0.4, 0.5) is 0 Å². The van der Waals surface area contributed by atoms with E-state index in [0.29, 0.717) is 6.54 Å². The summed E-state index contributed by atoms with van der Waals surface area (Å²) >= 11 is 7.68. The van der Waals surface area contributed by atoms with Gasteiger partial charge in [-0.3, -0.25) is 10.1 Å². The SMILES string of the molecule is Cc1ccc([C@@H](NCC(=O)NCCc2cccc(Cl)c2)c2cccs2)cc1. The van der Waals surface area contributed by atoms with Crippen LogP contribution in [0.2, 0.25) is 5.02 Å². The first-order chi connectivity index (χ1) is 13.1. The van der Waals surface area contributed by atoms with E-state index < -0.39 is 0 Å². The molecule has 3 aromatic rings. The van der Waals surface area contributed by atoms with E-state index in [4.69, 9.17) is 11.6 Å². The number of hydrogen-bond donors (Lipinski definition) is 2. The molecule has 0 aliphatic heterocycles. The van der Waals surface area contributed by atoms with Crippen molar-refractivity contribution in [2.45, 2.75) is 19.4 Å². The van der Waals surface area contributed by atoms with Crippen molar-refractivity contribution in [3.05, 3.63) is 92.6 Å². The molecule has 3 nitrogen and oxygen atoms in total. The Bertz CT molecular complexity index is 862. The van der Waals surface area contributed by atoms with Gasteiger partial charge in [-0.05, 0) is 48.1 Å². The molecule has 1 aromatic heterocycles. The van der Waals surface area contributed by atoms with Crippen molar-refractivity contribution < 1.29 is 4.79 Å². The molecule has 0 saturated heterocycles. The number of halogens is 1. The van der Waals surface area contributed by atoms with Crippen LogP contribution < -0.4 is 10.6 Å². The van der Waals surface area contributed by atoms with E-state index in [1.54, 1.807) is 11.3 Å². The number of aryl methyl sites for hydroxylation is 1. The van der Waals surface area contributed by atoms with Gasteiger partial charge in [0.25, 0.3) is 0 Å². The van der Waals surface area contributed by atoms with Crippen LogP contribution in [-0.4, -0.2) is 19.0 Å². The number of carbonyl (C=O) groups is 1. The molecule has 0 fully saturated rings. The van der Waals surface area contributed by atoms with Crippen molar-refractivity contribution >= 4 is 28.8 Å². The summed E-state index contributed by atoms with van der Waals surface area (Å²) in [5.74, 6) is -0.00861. The smallest absolute Gasteiger partial charge is 0.233 e. The van der Waals surface area contributed by atoms with Gasteiger partial charge in [0.2, 0.25) is 5.91 Å². The topological polar surface area (TPSA) is 41.1 Å². The fourth-order valence-electron chi connectivity index (χ4n) is 2.89. The molecule has 2 aromatic carbocycles. The van der Waals surface area contributed by atoms with Gasteiger partial charge in [-0.25, -0.2) is 0 Å². The molecule has 0 unspecified atom stereocenters. The minimum atomic E-state index is -0.00861. The molecule has 0 spiro atoms. The lowest BCUT2D eigenvalue weighted by Crippen LogP contribution is -2.36. The molecule has 27 heavy (non-hydrogen) atoms. The Morgan fingerprint density at radius 2 is 1.93 bits per heavy atom. The third-order valence-electron chi connectivity index (χ3n) is 4.33. The summed E-state index contributed by atoms with van der Waals surface area (Å²) in [4.78, 5) is 13.5. The summed E-state index contributed by atoms with van der Waals surface area (Å²) in [6, 6.07) is 20.3. The Hall–Kier alpha value is -2.14. The van der Waals surface area contributed by atoms with Crippen molar-refractivity contribution in [3.63, 3.8) is 0 Å².